The van der Waals surface area contributed by atoms with Gasteiger partial charge in [-0.15, -0.1) is 0 Å². The van der Waals surface area contributed by atoms with E-state index in [1.165, 1.54) is 59.9 Å². The van der Waals surface area contributed by atoms with E-state index in [1.807, 2.05) is 72.4 Å². The molecule has 1 spiro atoms. The second-order valence-electron chi connectivity index (χ2n) is 13.5. The van der Waals surface area contributed by atoms with Gasteiger partial charge in [-0.3, -0.25) is 0 Å². The molecule has 0 saturated carbocycles. The Morgan fingerprint density at radius 3 is 1.49 bits per heavy atom. The fourth-order valence-corrected chi connectivity index (χ4v) is 9.77. The van der Waals surface area contributed by atoms with Gasteiger partial charge >= 0.3 is 0 Å². The summed E-state index contributed by atoms with van der Waals surface area (Å²) in [6.07, 6.45) is 4.80. The number of hydrogen-bond acceptors (Lipinski definition) is 4. The first-order valence-corrected chi connectivity index (χ1v) is 18.2. The molecule has 4 aliphatic rings. The maximum Gasteiger partial charge on any atom is 0.164 e. The molecule has 0 bridgehead atoms. The first-order chi connectivity index (χ1) is 25.3. The summed E-state index contributed by atoms with van der Waals surface area (Å²) < 4.78 is 0. The van der Waals surface area contributed by atoms with Crippen molar-refractivity contribution in [2.45, 2.75) is 15.2 Å². The Bertz CT molecular complexity index is 2550. The summed E-state index contributed by atoms with van der Waals surface area (Å²) in [7, 11) is 0. The molecule has 2 heterocycles. The third-order valence-corrected chi connectivity index (χ3v) is 11.9. The van der Waals surface area contributed by atoms with Crippen molar-refractivity contribution in [3.63, 3.8) is 0 Å². The lowest BCUT2D eigenvalue weighted by atomic mass is 9.65. The highest BCUT2D eigenvalue weighted by molar-refractivity contribution is 7.99. The zero-order chi connectivity index (χ0) is 33.5. The van der Waals surface area contributed by atoms with Crippen LogP contribution in [0.25, 0.3) is 45.3 Å². The molecule has 51 heavy (non-hydrogen) atoms. The van der Waals surface area contributed by atoms with E-state index in [-0.39, 0.29) is 5.41 Å². The van der Waals surface area contributed by atoms with Crippen molar-refractivity contribution in [3.8, 4) is 34.2 Å². The Kier molecular flexibility index (Phi) is 6.16. The summed E-state index contributed by atoms with van der Waals surface area (Å²) in [4.78, 5) is 17.5. The van der Waals surface area contributed by atoms with Crippen LogP contribution in [0.15, 0.2) is 191 Å². The fourth-order valence-electron chi connectivity index (χ4n) is 8.58. The predicted octanol–water partition coefficient (Wildman–Crippen LogP) is 11.1. The van der Waals surface area contributed by atoms with Crippen molar-refractivity contribution in [1.29, 1.82) is 0 Å². The fraction of sp³-hybridized carbons (Fsp3) is 0.0426. The minimum atomic E-state index is -0.364. The molecule has 0 saturated heterocycles. The number of nitrogens with zero attached hydrogens (tertiary/aromatic N) is 3. The van der Waals surface area contributed by atoms with Gasteiger partial charge in [0.05, 0.1) is 5.41 Å². The maximum atomic E-state index is 4.97. The lowest BCUT2D eigenvalue weighted by Crippen LogP contribution is -2.33. The number of allylic oxidation sites excluding steroid dienone is 6. The first kappa shape index (κ1) is 28.7. The van der Waals surface area contributed by atoms with Crippen LogP contribution in [0, 0.1) is 5.92 Å². The molecule has 3 nitrogen and oxygen atoms in total. The second kappa shape index (κ2) is 10.9. The van der Waals surface area contributed by atoms with Gasteiger partial charge in [0.15, 0.2) is 17.5 Å². The highest BCUT2D eigenvalue weighted by atomic mass is 32.2. The van der Waals surface area contributed by atoms with Crippen molar-refractivity contribution in [2.75, 3.05) is 0 Å². The average Bonchev–Trinajstić information content (AvgIpc) is 3.87. The van der Waals surface area contributed by atoms with E-state index in [1.54, 1.807) is 0 Å². The zero-order valence-corrected chi connectivity index (χ0v) is 28.3. The minimum Gasteiger partial charge on any atom is -0.208 e. The van der Waals surface area contributed by atoms with Gasteiger partial charge < -0.3 is 0 Å². The topological polar surface area (TPSA) is 38.7 Å². The molecule has 0 amide bonds. The molecule has 1 atom stereocenters. The Hall–Kier alpha value is -6.10. The van der Waals surface area contributed by atoms with Crippen LogP contribution in [0.2, 0.25) is 0 Å². The summed E-state index contributed by atoms with van der Waals surface area (Å²) in [5, 5.41) is 0. The standard InChI is InChI=1S/C47H29N3S/c1-3-13-30(14-4-1)44-48-45(31-15-5-2-6-16-31)50-46(49-44)32-25-23-29(24-26-32)41-35-28-27-34-33-17-7-8-18-36(33)47(43(34)42(35)41)37-19-9-11-21-39(37)51-40-22-12-10-20-38(40)47/h1-28,35H. The van der Waals surface area contributed by atoms with Crippen LogP contribution in [0.4, 0.5) is 0 Å². The van der Waals surface area contributed by atoms with Crippen LogP contribution in [0.5, 0.6) is 0 Å². The third-order valence-electron chi connectivity index (χ3n) is 10.8. The second-order valence-corrected chi connectivity index (χ2v) is 14.5. The van der Waals surface area contributed by atoms with Crippen LogP contribution >= 0.6 is 11.8 Å². The highest BCUT2D eigenvalue weighted by Gasteiger charge is 2.57. The largest absolute Gasteiger partial charge is 0.208 e. The average molecular weight is 668 g/mol. The number of rotatable bonds is 4. The summed E-state index contributed by atoms with van der Waals surface area (Å²) in [5.41, 5.74) is 15.0. The molecular formula is C47H29N3S. The summed E-state index contributed by atoms with van der Waals surface area (Å²) in [5.74, 6) is 2.30. The molecule has 1 aromatic heterocycles. The van der Waals surface area contributed by atoms with Gasteiger partial charge in [-0.05, 0) is 62.2 Å². The van der Waals surface area contributed by atoms with Crippen LogP contribution in [-0.4, -0.2) is 15.0 Å². The Morgan fingerprint density at radius 1 is 0.431 bits per heavy atom. The van der Waals surface area contributed by atoms with Gasteiger partial charge in [0.2, 0.25) is 0 Å². The van der Waals surface area contributed by atoms with Gasteiger partial charge in [0.25, 0.3) is 0 Å². The molecule has 3 aliphatic carbocycles. The Morgan fingerprint density at radius 2 is 0.902 bits per heavy atom. The van der Waals surface area contributed by atoms with Crippen molar-refractivity contribution in [1.82, 2.24) is 15.0 Å². The molecule has 4 heteroatoms. The minimum absolute atomic E-state index is 0.293. The number of benzene rings is 6. The summed E-state index contributed by atoms with van der Waals surface area (Å²) in [6.45, 7) is 0. The quantitative estimate of drug-likeness (QED) is 0.187. The van der Waals surface area contributed by atoms with Gasteiger partial charge in [0, 0.05) is 32.4 Å². The van der Waals surface area contributed by atoms with Crippen molar-refractivity contribution in [3.05, 3.63) is 209 Å². The van der Waals surface area contributed by atoms with Crippen LogP contribution in [0.3, 0.4) is 0 Å². The molecule has 1 aliphatic heterocycles. The summed E-state index contributed by atoms with van der Waals surface area (Å²) >= 11 is 1.89. The molecular weight excluding hydrogens is 639 g/mol. The lowest BCUT2D eigenvalue weighted by Gasteiger charge is -2.41. The molecule has 238 valence electrons. The van der Waals surface area contributed by atoms with Crippen molar-refractivity contribution < 1.29 is 0 Å². The van der Waals surface area contributed by atoms with E-state index >= 15 is 0 Å². The first-order valence-electron chi connectivity index (χ1n) is 17.4. The number of hydrogen-bond donors (Lipinski definition) is 0. The third kappa shape index (κ3) is 4.17. The Labute approximate surface area is 300 Å². The molecule has 0 radical (unpaired) electrons. The van der Waals surface area contributed by atoms with Gasteiger partial charge in [-0.2, -0.15) is 0 Å². The van der Waals surface area contributed by atoms with Gasteiger partial charge in [-0.1, -0.05) is 170 Å². The maximum absolute atomic E-state index is 4.97. The molecule has 0 fully saturated rings. The molecule has 6 aromatic carbocycles. The summed E-state index contributed by atoms with van der Waals surface area (Å²) in [6, 6.07) is 56.3. The zero-order valence-electron chi connectivity index (χ0n) is 27.5. The van der Waals surface area contributed by atoms with Gasteiger partial charge in [-0.25, -0.2) is 15.0 Å². The Balaban J connectivity index is 1.06. The lowest BCUT2D eigenvalue weighted by molar-refractivity contribution is 0.707. The monoisotopic (exact) mass is 667 g/mol. The predicted molar refractivity (Wildman–Crippen MR) is 206 cm³/mol. The SMILES string of the molecule is C1=CC2C(=C2c2ccc(-c3nc(-c4ccccc4)nc(-c4ccccc4)n3)cc2)C2=C1c1ccccc1C21c2ccccc2Sc2ccccc21. The van der Waals surface area contributed by atoms with E-state index in [9.17, 15) is 0 Å². The van der Waals surface area contributed by atoms with Crippen LogP contribution in [0.1, 0.15) is 27.8 Å². The molecule has 0 N–H and O–H groups in total. The highest BCUT2D eigenvalue weighted by Crippen LogP contribution is 2.69. The molecule has 11 rings (SSSR count). The van der Waals surface area contributed by atoms with E-state index in [2.05, 4.69) is 109 Å². The van der Waals surface area contributed by atoms with Crippen LogP contribution < -0.4 is 0 Å². The smallest absolute Gasteiger partial charge is 0.164 e. The van der Waals surface area contributed by atoms with E-state index in [0.717, 1.165) is 16.7 Å². The number of aromatic nitrogens is 3. The number of fused-ring (bicyclic) bond motifs is 10. The van der Waals surface area contributed by atoms with E-state index in [0.29, 0.717) is 23.4 Å². The van der Waals surface area contributed by atoms with E-state index < -0.39 is 0 Å². The van der Waals surface area contributed by atoms with E-state index in [4.69, 9.17) is 15.0 Å². The normalized spacial score (nSPS) is 17.1. The van der Waals surface area contributed by atoms with Gasteiger partial charge in [0.1, 0.15) is 0 Å². The van der Waals surface area contributed by atoms with Crippen molar-refractivity contribution in [2.24, 2.45) is 5.92 Å². The van der Waals surface area contributed by atoms with Crippen LogP contribution in [-0.2, 0) is 5.41 Å². The molecule has 1 unspecified atom stereocenters. The molecule has 7 aromatic rings. The van der Waals surface area contributed by atoms with Crippen molar-refractivity contribution >= 4 is 22.9 Å².